The lowest BCUT2D eigenvalue weighted by atomic mass is 9.92. The van der Waals surface area contributed by atoms with Gasteiger partial charge in [0.25, 0.3) is 0 Å². The van der Waals surface area contributed by atoms with Gasteiger partial charge in [-0.3, -0.25) is 0 Å². The maximum atomic E-state index is 2.43. The molecule has 0 aliphatic carbocycles. The van der Waals surface area contributed by atoms with Gasteiger partial charge in [0, 0.05) is 70.8 Å². The first-order valence-electron chi connectivity index (χ1n) is 22.5. The van der Waals surface area contributed by atoms with Crippen LogP contribution in [0.5, 0.6) is 0 Å². The van der Waals surface area contributed by atoms with Crippen molar-refractivity contribution >= 4 is 109 Å². The van der Waals surface area contributed by atoms with Gasteiger partial charge < -0.3 is 14.4 Å². The van der Waals surface area contributed by atoms with Crippen LogP contribution in [0.25, 0.3) is 80.3 Å². The largest absolute Gasteiger partial charge is 0.310 e. The van der Waals surface area contributed by atoms with Gasteiger partial charge >= 0.3 is 0 Å². The Labute approximate surface area is 386 Å². The third-order valence-corrected chi connectivity index (χ3v) is 14.2. The first kappa shape index (κ1) is 38.1. The highest BCUT2D eigenvalue weighted by Gasteiger charge is 2.23. The van der Waals surface area contributed by atoms with Gasteiger partial charge in [-0.15, -0.1) is 11.3 Å². The van der Waals surface area contributed by atoms with Crippen LogP contribution in [0, 0.1) is 0 Å². The number of anilines is 6. The molecule has 66 heavy (non-hydrogen) atoms. The number of benzene rings is 11. The molecule has 0 amide bonds. The molecule has 11 aromatic carbocycles. The van der Waals surface area contributed by atoms with Crippen LogP contribution >= 0.6 is 11.3 Å². The molecule has 13 aromatic rings. The third-order valence-electron chi connectivity index (χ3n) is 13.1. The zero-order valence-electron chi connectivity index (χ0n) is 35.9. The number of fused-ring (bicyclic) bond motifs is 9. The summed E-state index contributed by atoms with van der Waals surface area (Å²) in [5, 5.41) is 9.92. The van der Waals surface area contributed by atoms with Crippen molar-refractivity contribution in [2.75, 3.05) is 9.80 Å². The van der Waals surface area contributed by atoms with E-state index in [0.29, 0.717) is 0 Å². The minimum Gasteiger partial charge on any atom is -0.310 e. The Balaban J connectivity index is 1.11. The average Bonchev–Trinajstić information content (AvgIpc) is 3.92. The lowest BCUT2D eigenvalue weighted by Crippen LogP contribution is -2.13. The standard InChI is InChI=1S/C62H41N3S/c1-4-19-44(20-5-1)63(47-33-35-62-58(40-47)56-29-15-17-31-61(56)66-62)49-36-43(57-38-42-18-10-11-25-51(42)52-26-12-13-27-53(52)57)37-50(39-49)64(45-21-6-2-7-22-45)48-32-34-55-54-28-14-16-30-59(54)65(60(55)41-48)46-23-8-3-9-24-46/h1-41H. The molecule has 0 saturated carbocycles. The van der Waals surface area contributed by atoms with Crippen molar-refractivity contribution in [2.24, 2.45) is 0 Å². The number of para-hydroxylation sites is 4. The van der Waals surface area contributed by atoms with Crippen LogP contribution in [0.2, 0.25) is 0 Å². The van der Waals surface area contributed by atoms with E-state index in [9.17, 15) is 0 Å². The van der Waals surface area contributed by atoms with Crippen molar-refractivity contribution in [3.05, 3.63) is 249 Å². The van der Waals surface area contributed by atoms with Gasteiger partial charge in [0.05, 0.1) is 11.0 Å². The van der Waals surface area contributed by atoms with Crippen molar-refractivity contribution < 1.29 is 0 Å². The smallest absolute Gasteiger partial charge is 0.0561 e. The van der Waals surface area contributed by atoms with E-state index in [1.54, 1.807) is 0 Å². The molecule has 0 aliphatic heterocycles. The van der Waals surface area contributed by atoms with Gasteiger partial charge in [0.15, 0.2) is 0 Å². The molecule has 0 atom stereocenters. The maximum Gasteiger partial charge on any atom is 0.0561 e. The molecule has 0 unspecified atom stereocenters. The van der Waals surface area contributed by atoms with Crippen molar-refractivity contribution in [1.82, 2.24) is 4.57 Å². The summed E-state index contributed by atoms with van der Waals surface area (Å²) in [5.41, 5.74) is 12.2. The molecule has 13 rings (SSSR count). The molecule has 0 spiro atoms. The van der Waals surface area contributed by atoms with Gasteiger partial charge in [-0.1, -0.05) is 146 Å². The van der Waals surface area contributed by atoms with E-state index in [1.165, 1.54) is 63.6 Å². The molecule has 2 aromatic heterocycles. The second kappa shape index (κ2) is 15.7. The fraction of sp³-hybridized carbons (Fsp3) is 0. The highest BCUT2D eigenvalue weighted by Crippen LogP contribution is 2.47. The molecule has 310 valence electrons. The van der Waals surface area contributed by atoms with Crippen LogP contribution in [-0.2, 0) is 0 Å². The van der Waals surface area contributed by atoms with Crippen molar-refractivity contribution in [3.8, 4) is 16.8 Å². The summed E-state index contributed by atoms with van der Waals surface area (Å²) in [4.78, 5) is 4.86. The van der Waals surface area contributed by atoms with Crippen LogP contribution in [0.3, 0.4) is 0 Å². The first-order valence-corrected chi connectivity index (χ1v) is 23.3. The van der Waals surface area contributed by atoms with Crippen LogP contribution in [0.4, 0.5) is 34.1 Å². The molecule has 4 heteroatoms. The average molecular weight is 860 g/mol. The zero-order valence-corrected chi connectivity index (χ0v) is 36.7. The first-order chi connectivity index (χ1) is 32.7. The highest BCUT2D eigenvalue weighted by atomic mass is 32.1. The molecule has 0 radical (unpaired) electrons. The van der Waals surface area contributed by atoms with E-state index >= 15 is 0 Å². The van der Waals surface area contributed by atoms with Crippen LogP contribution in [-0.4, -0.2) is 4.57 Å². The summed E-state index contributed by atoms with van der Waals surface area (Å²) in [7, 11) is 0. The molecule has 2 heterocycles. The van der Waals surface area contributed by atoms with Crippen molar-refractivity contribution in [2.45, 2.75) is 0 Å². The lowest BCUT2D eigenvalue weighted by molar-refractivity contribution is 1.18. The van der Waals surface area contributed by atoms with E-state index in [2.05, 4.69) is 263 Å². The summed E-state index contributed by atoms with van der Waals surface area (Å²) in [6.45, 7) is 0. The third kappa shape index (κ3) is 6.34. The summed E-state index contributed by atoms with van der Waals surface area (Å²) in [6, 6.07) is 91.0. The minimum absolute atomic E-state index is 1.05. The molecular formula is C62H41N3S. The van der Waals surface area contributed by atoms with Crippen molar-refractivity contribution in [3.63, 3.8) is 0 Å². The summed E-state index contributed by atoms with van der Waals surface area (Å²) < 4.78 is 4.98. The van der Waals surface area contributed by atoms with Gasteiger partial charge in [0.2, 0.25) is 0 Å². The quantitative estimate of drug-likeness (QED) is 0.141. The fourth-order valence-electron chi connectivity index (χ4n) is 10.2. The number of rotatable bonds is 8. The Morgan fingerprint density at radius 3 is 1.55 bits per heavy atom. The van der Waals surface area contributed by atoms with Crippen LogP contribution < -0.4 is 9.80 Å². The molecule has 3 nitrogen and oxygen atoms in total. The number of hydrogen-bond donors (Lipinski definition) is 0. The Bertz CT molecular complexity index is 3950. The number of thiophene rings is 1. The molecular weight excluding hydrogens is 819 g/mol. The Morgan fingerprint density at radius 2 is 0.818 bits per heavy atom. The molecule has 0 bridgehead atoms. The zero-order chi connectivity index (χ0) is 43.6. The Morgan fingerprint density at radius 1 is 0.288 bits per heavy atom. The van der Waals surface area contributed by atoms with E-state index in [4.69, 9.17) is 0 Å². The summed E-state index contributed by atoms with van der Waals surface area (Å²) in [6.07, 6.45) is 0. The SMILES string of the molecule is c1ccc(N(c2cc(-c3cc4ccccc4c4ccccc34)cc(N(c3ccccc3)c3ccc4c5ccccc5n(-c5ccccc5)c4c3)c2)c2ccc3sc4ccccc4c3c2)cc1. The molecule has 0 fully saturated rings. The van der Waals surface area contributed by atoms with Gasteiger partial charge in [-0.2, -0.15) is 0 Å². The number of hydrogen-bond acceptors (Lipinski definition) is 3. The summed E-state index contributed by atoms with van der Waals surface area (Å²) in [5.74, 6) is 0. The minimum atomic E-state index is 1.05. The predicted octanol–water partition coefficient (Wildman–Crippen LogP) is 18.1. The van der Waals surface area contributed by atoms with Crippen molar-refractivity contribution in [1.29, 1.82) is 0 Å². The fourth-order valence-corrected chi connectivity index (χ4v) is 11.2. The van der Waals surface area contributed by atoms with Gasteiger partial charge in [-0.25, -0.2) is 0 Å². The van der Waals surface area contributed by atoms with Crippen LogP contribution in [0.1, 0.15) is 0 Å². The monoisotopic (exact) mass is 859 g/mol. The second-order valence-electron chi connectivity index (χ2n) is 16.9. The Kier molecular flexibility index (Phi) is 9.03. The number of aromatic nitrogens is 1. The normalized spacial score (nSPS) is 11.6. The van der Waals surface area contributed by atoms with Gasteiger partial charge in [-0.05, 0) is 136 Å². The Hall–Kier alpha value is -8.44. The van der Waals surface area contributed by atoms with E-state index in [-0.39, 0.29) is 0 Å². The van der Waals surface area contributed by atoms with E-state index < -0.39 is 0 Å². The topological polar surface area (TPSA) is 11.4 Å². The molecule has 0 saturated heterocycles. The van der Waals surface area contributed by atoms with E-state index in [1.807, 2.05) is 11.3 Å². The maximum absolute atomic E-state index is 2.43. The lowest BCUT2D eigenvalue weighted by Gasteiger charge is -2.30. The predicted molar refractivity (Wildman–Crippen MR) is 283 cm³/mol. The summed E-state index contributed by atoms with van der Waals surface area (Å²) >= 11 is 1.85. The molecule has 0 N–H and O–H groups in total. The molecule has 0 aliphatic rings. The number of nitrogens with zero attached hydrogens (tertiary/aromatic N) is 3. The van der Waals surface area contributed by atoms with E-state index in [0.717, 1.165) is 50.9 Å². The van der Waals surface area contributed by atoms with Crippen LogP contribution in [0.15, 0.2) is 249 Å². The highest BCUT2D eigenvalue weighted by molar-refractivity contribution is 7.25. The van der Waals surface area contributed by atoms with Gasteiger partial charge in [0.1, 0.15) is 0 Å². The second-order valence-corrected chi connectivity index (χ2v) is 18.0.